The lowest BCUT2D eigenvalue weighted by Gasteiger charge is -2.32. The van der Waals surface area contributed by atoms with Crippen molar-refractivity contribution in [2.45, 2.75) is 69.1 Å². The molecule has 0 unspecified atom stereocenters. The predicted octanol–water partition coefficient (Wildman–Crippen LogP) is 4.57. The van der Waals surface area contributed by atoms with Crippen LogP contribution in [0.25, 0.3) is 0 Å². The highest BCUT2D eigenvalue weighted by Crippen LogP contribution is 2.60. The lowest BCUT2D eigenvalue weighted by Crippen LogP contribution is -2.46. The lowest BCUT2D eigenvalue weighted by atomic mass is 9.82. The van der Waals surface area contributed by atoms with Gasteiger partial charge in [0.25, 0.3) is 17.5 Å². The molecule has 6 rings (SSSR count). The number of nitrogens with one attached hydrogen (secondary N) is 1. The van der Waals surface area contributed by atoms with Crippen LogP contribution in [0.3, 0.4) is 0 Å². The van der Waals surface area contributed by atoms with Gasteiger partial charge in [0, 0.05) is 47.0 Å². The molecule has 3 N–H and O–H groups in total. The maximum absolute atomic E-state index is 14.8. The molecule has 0 aromatic heterocycles. The van der Waals surface area contributed by atoms with Crippen molar-refractivity contribution in [1.29, 1.82) is 0 Å². The molecule has 50 heavy (non-hydrogen) atoms. The van der Waals surface area contributed by atoms with Gasteiger partial charge in [0.05, 0.1) is 49.4 Å². The summed E-state index contributed by atoms with van der Waals surface area (Å²) in [7, 11) is -1.57. The van der Waals surface area contributed by atoms with E-state index in [1.165, 1.54) is 23.1 Å². The van der Waals surface area contributed by atoms with Gasteiger partial charge in [-0.15, -0.1) is 0 Å². The summed E-state index contributed by atoms with van der Waals surface area (Å²) in [6.07, 6.45) is 0.520. The Hall–Kier alpha value is -4.63. The van der Waals surface area contributed by atoms with Gasteiger partial charge in [-0.05, 0) is 74.0 Å². The van der Waals surface area contributed by atoms with Gasteiger partial charge in [0.15, 0.2) is 13.9 Å². The van der Waals surface area contributed by atoms with Crippen molar-refractivity contribution in [3.8, 4) is 5.75 Å². The average molecular weight is 703 g/mol. The number of anilines is 2. The van der Waals surface area contributed by atoms with Crippen LogP contribution in [0, 0.1) is 16.0 Å². The number of carbonyl (C=O) groups excluding carboxylic acids is 3. The van der Waals surface area contributed by atoms with Gasteiger partial charge in [-0.25, -0.2) is 0 Å². The third-order valence-corrected chi connectivity index (χ3v) is 12.8. The number of carbonyl (C=O) groups is 3. The van der Waals surface area contributed by atoms with E-state index >= 15 is 0 Å². The van der Waals surface area contributed by atoms with Gasteiger partial charge in [0.1, 0.15) is 5.75 Å². The second kappa shape index (κ2) is 13.6. The molecule has 1 spiro atoms. The summed E-state index contributed by atoms with van der Waals surface area (Å²) < 4.78 is 11.9. The van der Waals surface area contributed by atoms with Gasteiger partial charge < -0.3 is 34.5 Å². The quantitative estimate of drug-likeness (QED) is 0.155. The first-order chi connectivity index (χ1) is 23.8. The summed E-state index contributed by atoms with van der Waals surface area (Å²) in [4.78, 5) is 67.6. The van der Waals surface area contributed by atoms with E-state index in [0.717, 1.165) is 6.42 Å². The van der Waals surface area contributed by atoms with E-state index in [4.69, 9.17) is 9.47 Å². The predicted molar refractivity (Wildman–Crippen MR) is 187 cm³/mol. The van der Waals surface area contributed by atoms with Crippen molar-refractivity contribution in [1.82, 2.24) is 4.90 Å². The number of amides is 3. The highest BCUT2D eigenvalue weighted by Gasteiger charge is 2.66. The normalized spacial score (nSPS) is 24.5. The zero-order valence-corrected chi connectivity index (χ0v) is 29.5. The number of fused-ring (bicyclic) bond motifs is 2. The lowest BCUT2D eigenvalue weighted by molar-refractivity contribution is -0.385. The molecule has 5 atom stereocenters. The Morgan fingerprint density at radius 3 is 2.54 bits per heavy atom. The number of aliphatic hydroxyl groups excluding tert-OH is 1. The molecule has 13 nitrogen and oxygen atoms in total. The average Bonchev–Trinajstić information content (AvgIpc) is 3.75. The standard InChI is InChI=1S/C36H42N4O9Si/c1-22-33(50(3,4)47)31(19-32(42)38-16-6-9-27(38)21-41)49-36(22)29-18-26(40(45)46)12-15-30(29)39(35(36)44)20-23-7-5-8-25(17-23)37-34(43)24-10-13-28(48-2)14-11-24/h5,7-8,10-15,17-18,22,27,31,33,41,47H,6,9,16,19-21H2,1-4H3,(H,37,43)/t22-,27+,31+,33-,36+/m1/s1. The third kappa shape index (κ3) is 6.28. The van der Waals surface area contributed by atoms with Crippen molar-refractivity contribution >= 4 is 43.1 Å². The molecule has 3 heterocycles. The molecule has 3 aromatic carbocycles. The molecular formula is C36H42N4O9Si. The molecule has 3 aliphatic rings. The van der Waals surface area contributed by atoms with E-state index in [0.29, 0.717) is 46.8 Å². The Morgan fingerprint density at radius 2 is 1.88 bits per heavy atom. The van der Waals surface area contributed by atoms with Crippen LogP contribution in [0.4, 0.5) is 17.1 Å². The number of benzene rings is 3. The zero-order valence-electron chi connectivity index (χ0n) is 28.5. The first kappa shape index (κ1) is 35.2. The van der Waals surface area contributed by atoms with E-state index < -0.39 is 42.3 Å². The minimum atomic E-state index is -3.11. The smallest absolute Gasteiger partial charge is 0.269 e. The Morgan fingerprint density at radius 1 is 1.14 bits per heavy atom. The highest BCUT2D eigenvalue weighted by atomic mass is 28.4. The highest BCUT2D eigenvalue weighted by molar-refractivity contribution is 6.71. The largest absolute Gasteiger partial charge is 0.497 e. The van der Waals surface area contributed by atoms with Crippen molar-refractivity contribution in [3.05, 3.63) is 93.5 Å². The van der Waals surface area contributed by atoms with Gasteiger partial charge in [-0.2, -0.15) is 0 Å². The number of aliphatic hydroxyl groups is 1. The molecule has 264 valence electrons. The number of non-ortho nitro benzene ring substituents is 1. The van der Waals surface area contributed by atoms with Crippen LogP contribution < -0.4 is 15.0 Å². The Balaban J connectivity index is 1.33. The van der Waals surface area contributed by atoms with Gasteiger partial charge in [-0.3, -0.25) is 24.5 Å². The Bertz CT molecular complexity index is 1810. The number of nitrogens with zero attached hydrogens (tertiary/aromatic N) is 3. The van der Waals surface area contributed by atoms with Crippen LogP contribution in [0.2, 0.25) is 18.6 Å². The molecule has 2 saturated heterocycles. The van der Waals surface area contributed by atoms with Gasteiger partial charge in [0.2, 0.25) is 5.91 Å². The molecule has 3 aliphatic heterocycles. The van der Waals surface area contributed by atoms with Gasteiger partial charge >= 0.3 is 0 Å². The fraction of sp³-hybridized carbons (Fsp3) is 0.417. The second-order valence-corrected chi connectivity index (χ2v) is 17.8. The van der Waals surface area contributed by atoms with E-state index in [-0.39, 0.29) is 43.1 Å². The molecule has 2 fully saturated rings. The van der Waals surface area contributed by atoms with Crippen LogP contribution >= 0.6 is 0 Å². The molecular weight excluding hydrogens is 661 g/mol. The van der Waals surface area contributed by atoms with Crippen LogP contribution in [0.15, 0.2) is 66.7 Å². The summed E-state index contributed by atoms with van der Waals surface area (Å²) >= 11 is 0. The first-order valence-electron chi connectivity index (χ1n) is 16.7. The summed E-state index contributed by atoms with van der Waals surface area (Å²) in [5, 5.41) is 24.7. The molecule has 3 aromatic rings. The molecule has 0 radical (unpaired) electrons. The molecule has 3 amide bonds. The van der Waals surface area contributed by atoms with Crippen molar-refractivity contribution in [2.24, 2.45) is 5.92 Å². The Kier molecular flexibility index (Phi) is 9.57. The molecule has 0 bridgehead atoms. The number of rotatable bonds is 10. The summed E-state index contributed by atoms with van der Waals surface area (Å²) in [5.74, 6) is -1.00. The topological polar surface area (TPSA) is 172 Å². The number of hydrogen-bond donors (Lipinski definition) is 3. The SMILES string of the molecule is COc1ccc(C(=O)Nc2cccc(CN3C(=O)[C@@]4(O[C@@H](CC(=O)N5CCC[C@H]5CO)[C@H]([Si](C)(C)O)[C@H]4C)c4cc([N+](=O)[O-])ccc43)c2)cc1. The minimum Gasteiger partial charge on any atom is -0.497 e. The van der Waals surface area contributed by atoms with Crippen LogP contribution in [-0.4, -0.2) is 78.2 Å². The maximum Gasteiger partial charge on any atom is 0.269 e. The molecule has 0 aliphatic carbocycles. The van der Waals surface area contributed by atoms with Gasteiger partial charge in [-0.1, -0.05) is 19.1 Å². The van der Waals surface area contributed by atoms with Crippen molar-refractivity contribution in [2.75, 3.05) is 30.5 Å². The molecule has 0 saturated carbocycles. The maximum atomic E-state index is 14.8. The monoisotopic (exact) mass is 702 g/mol. The number of ether oxygens (including phenoxy) is 2. The van der Waals surface area contributed by atoms with E-state index in [1.54, 1.807) is 67.6 Å². The second-order valence-electron chi connectivity index (χ2n) is 13.9. The van der Waals surface area contributed by atoms with Crippen LogP contribution in [0.1, 0.15) is 47.7 Å². The Labute approximate surface area is 291 Å². The number of likely N-dealkylation sites (tertiary alicyclic amines) is 1. The minimum absolute atomic E-state index is 0.0634. The van der Waals surface area contributed by atoms with Crippen molar-refractivity contribution < 1.29 is 38.7 Å². The van der Waals surface area contributed by atoms with E-state index in [9.17, 15) is 34.4 Å². The zero-order chi connectivity index (χ0) is 36.0. The van der Waals surface area contributed by atoms with E-state index in [1.807, 2.05) is 13.0 Å². The number of hydrogen-bond acceptors (Lipinski definition) is 9. The van der Waals surface area contributed by atoms with Crippen LogP contribution in [0.5, 0.6) is 5.75 Å². The first-order valence-corrected chi connectivity index (χ1v) is 19.8. The fourth-order valence-corrected chi connectivity index (χ4v) is 10.6. The van der Waals surface area contributed by atoms with Crippen molar-refractivity contribution in [3.63, 3.8) is 0 Å². The van der Waals surface area contributed by atoms with E-state index in [2.05, 4.69) is 5.32 Å². The summed E-state index contributed by atoms with van der Waals surface area (Å²) in [5.41, 5.74) is -0.0819. The van der Waals surface area contributed by atoms with Crippen LogP contribution in [-0.2, 0) is 26.5 Å². The number of nitro groups is 1. The third-order valence-electron chi connectivity index (χ3n) is 10.3. The fourth-order valence-electron chi connectivity index (χ4n) is 8.05. The summed E-state index contributed by atoms with van der Waals surface area (Å²) in [6, 6.07) is 17.7. The number of methoxy groups -OCH3 is 1. The number of nitro benzene ring substituents is 1. The molecule has 14 heteroatoms. The summed E-state index contributed by atoms with van der Waals surface area (Å²) in [6.45, 7) is 5.72.